The number of piperidine rings is 1. The van der Waals surface area contributed by atoms with Crippen LogP contribution in [0.2, 0.25) is 0 Å². The van der Waals surface area contributed by atoms with E-state index in [1.165, 1.54) is 6.07 Å². The highest BCUT2D eigenvalue weighted by atomic mass is 19.1. The first kappa shape index (κ1) is 11.7. The van der Waals surface area contributed by atoms with Gasteiger partial charge in [0.1, 0.15) is 5.82 Å². The maximum Gasteiger partial charge on any atom is 0.235 e. The normalized spacial score (nSPS) is 20.3. The number of hydrogen-bond acceptors (Lipinski definition) is 3. The summed E-state index contributed by atoms with van der Waals surface area (Å²) in [6.45, 7) is 3.53. The van der Waals surface area contributed by atoms with Gasteiger partial charge in [-0.2, -0.15) is 0 Å². The van der Waals surface area contributed by atoms with Crippen LogP contribution in [0.4, 0.5) is 4.39 Å². The summed E-state index contributed by atoms with van der Waals surface area (Å²) in [6, 6.07) is 1.38. The zero-order valence-corrected chi connectivity index (χ0v) is 9.71. The third-order valence-corrected chi connectivity index (χ3v) is 3.02. The van der Waals surface area contributed by atoms with Gasteiger partial charge in [-0.3, -0.25) is 19.9 Å². The Hall–Kier alpha value is -1.78. The van der Waals surface area contributed by atoms with Gasteiger partial charge in [0.05, 0.1) is 11.6 Å². The van der Waals surface area contributed by atoms with Crippen molar-refractivity contribution in [3.63, 3.8) is 0 Å². The quantitative estimate of drug-likeness (QED) is 0.749. The number of aromatic nitrogens is 1. The topological polar surface area (TPSA) is 59.1 Å². The molecule has 1 aliphatic heterocycles. The molecule has 1 N–H and O–H groups in total. The molecule has 5 heteroatoms. The van der Waals surface area contributed by atoms with Crippen molar-refractivity contribution in [2.45, 2.75) is 32.6 Å². The molecule has 1 unspecified atom stereocenters. The Bertz CT molecular complexity index is 500. The largest absolute Gasteiger partial charge is 0.296 e. The molecule has 90 valence electrons. The molecule has 0 aliphatic carbocycles. The van der Waals surface area contributed by atoms with Gasteiger partial charge in [-0.25, -0.2) is 4.39 Å². The molecule has 4 nitrogen and oxygen atoms in total. The van der Waals surface area contributed by atoms with Crippen LogP contribution in [0.1, 0.15) is 35.7 Å². The number of nitrogens with zero attached hydrogens (tertiary/aromatic N) is 1. The lowest BCUT2D eigenvalue weighted by Gasteiger charge is -2.21. The van der Waals surface area contributed by atoms with Gasteiger partial charge in [-0.15, -0.1) is 0 Å². The van der Waals surface area contributed by atoms with Crippen molar-refractivity contribution in [1.82, 2.24) is 10.3 Å². The predicted octanol–water partition coefficient (Wildman–Crippen LogP) is 1.36. The third kappa shape index (κ3) is 2.18. The first-order chi connectivity index (χ1) is 7.99. The summed E-state index contributed by atoms with van der Waals surface area (Å²) in [4.78, 5) is 26.7. The summed E-state index contributed by atoms with van der Waals surface area (Å²) in [5, 5.41) is 2.20. The minimum atomic E-state index is -0.660. The van der Waals surface area contributed by atoms with Crippen LogP contribution in [0, 0.1) is 19.7 Å². The molecule has 1 saturated heterocycles. The SMILES string of the molecule is Cc1cc(F)c(C2CCC(=O)NC2=O)nc1C. The molecule has 0 saturated carbocycles. The van der Waals surface area contributed by atoms with Gasteiger partial charge < -0.3 is 0 Å². The van der Waals surface area contributed by atoms with Crippen molar-refractivity contribution in [1.29, 1.82) is 0 Å². The number of carbonyl (C=O) groups is 2. The predicted molar refractivity (Wildman–Crippen MR) is 58.8 cm³/mol. The van der Waals surface area contributed by atoms with Crippen LogP contribution in [0.15, 0.2) is 6.07 Å². The average molecular weight is 236 g/mol. The van der Waals surface area contributed by atoms with E-state index in [-0.39, 0.29) is 18.0 Å². The number of carbonyl (C=O) groups excluding carboxylic acids is 2. The maximum atomic E-state index is 13.8. The molecule has 0 radical (unpaired) electrons. The van der Waals surface area contributed by atoms with Crippen molar-refractivity contribution >= 4 is 11.8 Å². The number of amides is 2. The van der Waals surface area contributed by atoms with Gasteiger partial charge >= 0.3 is 0 Å². The van der Waals surface area contributed by atoms with Crippen molar-refractivity contribution in [2.75, 3.05) is 0 Å². The summed E-state index contributed by atoms with van der Waals surface area (Å²) in [7, 11) is 0. The average Bonchev–Trinajstić information content (AvgIpc) is 2.24. The highest BCUT2D eigenvalue weighted by Gasteiger charge is 2.31. The van der Waals surface area contributed by atoms with E-state index in [9.17, 15) is 14.0 Å². The molecule has 1 fully saturated rings. The Morgan fingerprint density at radius 3 is 2.76 bits per heavy atom. The first-order valence-electron chi connectivity index (χ1n) is 5.46. The van der Waals surface area contributed by atoms with Crippen molar-refractivity contribution in [3.8, 4) is 0 Å². The number of hydrogen-bond donors (Lipinski definition) is 1. The van der Waals surface area contributed by atoms with E-state index in [2.05, 4.69) is 10.3 Å². The third-order valence-electron chi connectivity index (χ3n) is 3.02. The Labute approximate surface area is 98.2 Å². The molecule has 2 rings (SSSR count). The monoisotopic (exact) mass is 236 g/mol. The minimum Gasteiger partial charge on any atom is -0.296 e. The number of aryl methyl sites for hydroxylation is 2. The maximum absolute atomic E-state index is 13.8. The number of rotatable bonds is 1. The van der Waals surface area contributed by atoms with E-state index >= 15 is 0 Å². The summed E-state index contributed by atoms with van der Waals surface area (Å²) in [5.74, 6) is -1.92. The van der Waals surface area contributed by atoms with E-state index < -0.39 is 17.6 Å². The fourth-order valence-corrected chi connectivity index (χ4v) is 1.89. The Morgan fingerprint density at radius 1 is 1.41 bits per heavy atom. The van der Waals surface area contributed by atoms with Gasteiger partial charge in [-0.1, -0.05) is 0 Å². The molecule has 0 aromatic carbocycles. The van der Waals surface area contributed by atoms with Crippen LogP contribution in [0.5, 0.6) is 0 Å². The second-order valence-electron chi connectivity index (χ2n) is 4.26. The summed E-state index contributed by atoms with van der Waals surface area (Å²) < 4.78 is 13.8. The molecular weight excluding hydrogens is 223 g/mol. The Kier molecular flexibility index (Phi) is 2.92. The van der Waals surface area contributed by atoms with Crippen molar-refractivity contribution in [2.24, 2.45) is 0 Å². The molecule has 1 aliphatic rings. The lowest BCUT2D eigenvalue weighted by atomic mass is 9.93. The van der Waals surface area contributed by atoms with Crippen LogP contribution in [-0.2, 0) is 9.59 Å². The van der Waals surface area contributed by atoms with Crippen LogP contribution < -0.4 is 5.32 Å². The molecule has 2 amide bonds. The zero-order valence-electron chi connectivity index (χ0n) is 9.71. The van der Waals surface area contributed by atoms with Crippen molar-refractivity contribution < 1.29 is 14.0 Å². The van der Waals surface area contributed by atoms with Crippen molar-refractivity contribution in [3.05, 3.63) is 28.8 Å². The van der Waals surface area contributed by atoms with Crippen LogP contribution in [-0.4, -0.2) is 16.8 Å². The molecule has 1 aromatic rings. The minimum absolute atomic E-state index is 0.137. The fraction of sp³-hybridized carbons (Fsp3) is 0.417. The fourth-order valence-electron chi connectivity index (χ4n) is 1.89. The van der Waals surface area contributed by atoms with E-state index in [0.717, 1.165) is 5.56 Å². The lowest BCUT2D eigenvalue weighted by Crippen LogP contribution is -2.40. The van der Waals surface area contributed by atoms with Crippen LogP contribution in [0.3, 0.4) is 0 Å². The molecular formula is C12H13FN2O2. The standard InChI is InChI=1S/C12H13FN2O2/c1-6-5-9(13)11(14-7(6)2)8-3-4-10(16)15-12(8)17/h5,8H,3-4H2,1-2H3,(H,15,16,17). The van der Waals surface area contributed by atoms with Gasteiger partial charge in [0.25, 0.3) is 0 Å². The molecule has 1 aromatic heterocycles. The second-order valence-corrected chi connectivity index (χ2v) is 4.26. The number of nitrogens with one attached hydrogen (secondary N) is 1. The first-order valence-corrected chi connectivity index (χ1v) is 5.46. The second kappa shape index (κ2) is 4.24. The summed E-state index contributed by atoms with van der Waals surface area (Å²) >= 11 is 0. The molecule has 2 heterocycles. The van der Waals surface area contributed by atoms with Crippen LogP contribution >= 0.6 is 0 Å². The summed E-state index contributed by atoms with van der Waals surface area (Å²) in [6.07, 6.45) is 0.543. The Morgan fingerprint density at radius 2 is 2.12 bits per heavy atom. The molecule has 0 bridgehead atoms. The Balaban J connectivity index is 2.37. The van der Waals surface area contributed by atoms with Crippen LogP contribution in [0.25, 0.3) is 0 Å². The molecule has 0 spiro atoms. The van der Waals surface area contributed by atoms with Gasteiger partial charge in [0.2, 0.25) is 11.8 Å². The van der Waals surface area contributed by atoms with E-state index in [1.807, 2.05) is 0 Å². The van der Waals surface area contributed by atoms with Gasteiger partial charge in [0, 0.05) is 12.1 Å². The smallest absolute Gasteiger partial charge is 0.235 e. The highest BCUT2D eigenvalue weighted by Crippen LogP contribution is 2.26. The summed E-state index contributed by atoms with van der Waals surface area (Å²) in [5.41, 5.74) is 1.59. The number of halogens is 1. The van der Waals surface area contributed by atoms with E-state index in [0.29, 0.717) is 12.1 Å². The molecule has 1 atom stereocenters. The van der Waals surface area contributed by atoms with Gasteiger partial charge in [0.15, 0.2) is 0 Å². The lowest BCUT2D eigenvalue weighted by molar-refractivity contribution is -0.134. The highest BCUT2D eigenvalue weighted by molar-refractivity contribution is 6.00. The van der Waals surface area contributed by atoms with E-state index in [1.54, 1.807) is 13.8 Å². The zero-order chi connectivity index (χ0) is 12.6. The molecule has 17 heavy (non-hydrogen) atoms. The van der Waals surface area contributed by atoms with E-state index in [4.69, 9.17) is 0 Å². The number of pyridine rings is 1. The number of imide groups is 1. The van der Waals surface area contributed by atoms with Gasteiger partial charge in [-0.05, 0) is 31.9 Å².